The number of nitrogens with one attached hydrogen (secondary N) is 1. The molecular formula is C14H12BrNO. The number of halogens is 1. The van der Waals surface area contributed by atoms with Crippen LogP contribution in [0.25, 0.3) is 0 Å². The molecule has 1 N–H and O–H groups in total. The molecule has 17 heavy (non-hydrogen) atoms. The van der Waals surface area contributed by atoms with Gasteiger partial charge in [0.15, 0.2) is 0 Å². The van der Waals surface area contributed by atoms with E-state index in [0.29, 0.717) is 5.56 Å². The number of hydrogen-bond acceptors (Lipinski definition) is 1. The molecule has 0 spiro atoms. The molecule has 3 heteroatoms. The molecular weight excluding hydrogens is 278 g/mol. The van der Waals surface area contributed by atoms with Crippen LogP contribution in [-0.2, 0) is 0 Å². The zero-order chi connectivity index (χ0) is 12.3. The Morgan fingerprint density at radius 2 is 1.82 bits per heavy atom. The van der Waals surface area contributed by atoms with Crippen LogP contribution in [0.15, 0.2) is 53.0 Å². The minimum absolute atomic E-state index is 0.0904. The third-order valence-electron chi connectivity index (χ3n) is 2.45. The molecule has 0 atom stereocenters. The predicted molar refractivity (Wildman–Crippen MR) is 73.3 cm³/mol. The Bertz CT molecular complexity index is 537. The van der Waals surface area contributed by atoms with Gasteiger partial charge in [-0.1, -0.05) is 34.1 Å². The van der Waals surface area contributed by atoms with Gasteiger partial charge in [0.1, 0.15) is 0 Å². The van der Waals surface area contributed by atoms with Gasteiger partial charge in [-0.05, 0) is 42.8 Å². The first-order chi connectivity index (χ1) is 8.16. The van der Waals surface area contributed by atoms with Crippen LogP contribution in [0.1, 0.15) is 15.9 Å². The topological polar surface area (TPSA) is 29.1 Å². The van der Waals surface area contributed by atoms with E-state index in [1.165, 1.54) is 0 Å². The monoisotopic (exact) mass is 289 g/mol. The van der Waals surface area contributed by atoms with E-state index in [4.69, 9.17) is 0 Å². The van der Waals surface area contributed by atoms with Crippen molar-refractivity contribution in [1.82, 2.24) is 0 Å². The SMILES string of the molecule is Cc1cc(NC(=O)c2ccccc2)ccc1Br. The summed E-state index contributed by atoms with van der Waals surface area (Å²) in [4.78, 5) is 11.9. The highest BCUT2D eigenvalue weighted by Gasteiger charge is 2.05. The largest absolute Gasteiger partial charge is 0.322 e. The zero-order valence-electron chi connectivity index (χ0n) is 9.41. The second kappa shape index (κ2) is 5.15. The molecule has 2 aromatic carbocycles. The van der Waals surface area contributed by atoms with Gasteiger partial charge in [-0.15, -0.1) is 0 Å². The minimum Gasteiger partial charge on any atom is -0.322 e. The first-order valence-electron chi connectivity index (χ1n) is 5.29. The maximum absolute atomic E-state index is 11.9. The van der Waals surface area contributed by atoms with Crippen molar-refractivity contribution in [2.75, 3.05) is 5.32 Å². The molecule has 0 radical (unpaired) electrons. The summed E-state index contributed by atoms with van der Waals surface area (Å²) >= 11 is 3.43. The van der Waals surface area contributed by atoms with Crippen LogP contribution in [0.2, 0.25) is 0 Å². The summed E-state index contributed by atoms with van der Waals surface area (Å²) in [7, 11) is 0. The second-order valence-corrected chi connectivity index (χ2v) is 4.64. The van der Waals surface area contributed by atoms with Gasteiger partial charge in [0.2, 0.25) is 0 Å². The predicted octanol–water partition coefficient (Wildman–Crippen LogP) is 4.01. The number of benzene rings is 2. The van der Waals surface area contributed by atoms with Gasteiger partial charge in [0.25, 0.3) is 5.91 Å². The van der Waals surface area contributed by atoms with E-state index >= 15 is 0 Å². The highest BCUT2D eigenvalue weighted by Crippen LogP contribution is 2.20. The number of carbonyl (C=O) groups is 1. The van der Waals surface area contributed by atoms with Crippen molar-refractivity contribution in [1.29, 1.82) is 0 Å². The molecule has 0 fully saturated rings. The number of anilines is 1. The minimum atomic E-state index is -0.0904. The number of hydrogen-bond donors (Lipinski definition) is 1. The first-order valence-corrected chi connectivity index (χ1v) is 6.08. The van der Waals surface area contributed by atoms with E-state index in [1.54, 1.807) is 12.1 Å². The van der Waals surface area contributed by atoms with Gasteiger partial charge in [-0.3, -0.25) is 4.79 Å². The molecule has 0 saturated heterocycles. The average molecular weight is 290 g/mol. The van der Waals surface area contributed by atoms with Crippen LogP contribution in [-0.4, -0.2) is 5.91 Å². The van der Waals surface area contributed by atoms with Gasteiger partial charge in [-0.25, -0.2) is 0 Å². The quantitative estimate of drug-likeness (QED) is 0.889. The number of amides is 1. The second-order valence-electron chi connectivity index (χ2n) is 3.78. The Hall–Kier alpha value is -1.61. The van der Waals surface area contributed by atoms with Crippen LogP contribution in [0.3, 0.4) is 0 Å². The molecule has 0 aromatic heterocycles. The maximum atomic E-state index is 11.9. The normalized spacial score (nSPS) is 10.0. The van der Waals surface area contributed by atoms with Crippen molar-refractivity contribution in [3.63, 3.8) is 0 Å². The molecule has 0 aliphatic carbocycles. The third-order valence-corrected chi connectivity index (χ3v) is 3.34. The summed E-state index contributed by atoms with van der Waals surface area (Å²) in [6, 6.07) is 14.9. The maximum Gasteiger partial charge on any atom is 0.255 e. The van der Waals surface area contributed by atoms with Crippen LogP contribution >= 0.6 is 15.9 Å². The Balaban J connectivity index is 2.16. The van der Waals surface area contributed by atoms with Crippen LogP contribution in [0.4, 0.5) is 5.69 Å². The van der Waals surface area contributed by atoms with Crippen molar-refractivity contribution in [2.24, 2.45) is 0 Å². The van der Waals surface area contributed by atoms with Crippen molar-refractivity contribution in [3.8, 4) is 0 Å². The van der Waals surface area contributed by atoms with E-state index in [0.717, 1.165) is 15.7 Å². The number of carbonyl (C=O) groups excluding carboxylic acids is 1. The van der Waals surface area contributed by atoms with Crippen LogP contribution < -0.4 is 5.32 Å². The fourth-order valence-electron chi connectivity index (χ4n) is 1.52. The lowest BCUT2D eigenvalue weighted by molar-refractivity contribution is 0.102. The van der Waals surface area contributed by atoms with Crippen molar-refractivity contribution in [3.05, 3.63) is 64.1 Å². The number of rotatable bonds is 2. The van der Waals surface area contributed by atoms with E-state index in [1.807, 2.05) is 43.3 Å². The molecule has 0 unspecified atom stereocenters. The van der Waals surface area contributed by atoms with E-state index < -0.39 is 0 Å². The van der Waals surface area contributed by atoms with Gasteiger partial charge in [0.05, 0.1) is 0 Å². The highest BCUT2D eigenvalue weighted by atomic mass is 79.9. The summed E-state index contributed by atoms with van der Waals surface area (Å²) in [5.41, 5.74) is 2.56. The van der Waals surface area contributed by atoms with E-state index in [-0.39, 0.29) is 5.91 Å². The summed E-state index contributed by atoms with van der Waals surface area (Å²) < 4.78 is 1.04. The van der Waals surface area contributed by atoms with E-state index in [2.05, 4.69) is 21.2 Å². The molecule has 0 heterocycles. The lowest BCUT2D eigenvalue weighted by atomic mass is 10.2. The summed E-state index contributed by atoms with van der Waals surface area (Å²) in [5, 5.41) is 2.87. The van der Waals surface area contributed by atoms with Crippen LogP contribution in [0, 0.1) is 6.92 Å². The van der Waals surface area contributed by atoms with Gasteiger partial charge < -0.3 is 5.32 Å². The fraction of sp³-hybridized carbons (Fsp3) is 0.0714. The smallest absolute Gasteiger partial charge is 0.255 e. The lowest BCUT2D eigenvalue weighted by Crippen LogP contribution is -2.11. The molecule has 2 aromatic rings. The summed E-state index contributed by atoms with van der Waals surface area (Å²) in [6.45, 7) is 1.99. The Kier molecular flexibility index (Phi) is 3.59. The molecule has 0 aliphatic heterocycles. The average Bonchev–Trinajstić information content (AvgIpc) is 2.35. The molecule has 2 rings (SSSR count). The molecule has 0 bridgehead atoms. The molecule has 0 saturated carbocycles. The lowest BCUT2D eigenvalue weighted by Gasteiger charge is -2.06. The van der Waals surface area contributed by atoms with Gasteiger partial charge in [-0.2, -0.15) is 0 Å². The Morgan fingerprint density at radius 1 is 1.12 bits per heavy atom. The molecule has 86 valence electrons. The first kappa shape index (κ1) is 11.9. The van der Waals surface area contributed by atoms with E-state index in [9.17, 15) is 4.79 Å². The summed E-state index contributed by atoms with van der Waals surface area (Å²) in [5.74, 6) is -0.0904. The molecule has 2 nitrogen and oxygen atoms in total. The Labute approximate surface area is 109 Å². The van der Waals surface area contributed by atoms with Gasteiger partial charge in [0, 0.05) is 15.7 Å². The number of aryl methyl sites for hydroxylation is 1. The molecule has 1 amide bonds. The zero-order valence-corrected chi connectivity index (χ0v) is 11.0. The van der Waals surface area contributed by atoms with Crippen molar-refractivity contribution < 1.29 is 4.79 Å². The summed E-state index contributed by atoms with van der Waals surface area (Å²) in [6.07, 6.45) is 0. The molecule has 0 aliphatic rings. The standard InChI is InChI=1S/C14H12BrNO/c1-10-9-12(7-8-13(10)15)16-14(17)11-5-3-2-4-6-11/h2-9H,1H3,(H,16,17). The fourth-order valence-corrected chi connectivity index (χ4v) is 1.76. The van der Waals surface area contributed by atoms with Crippen molar-refractivity contribution in [2.45, 2.75) is 6.92 Å². The Morgan fingerprint density at radius 3 is 2.47 bits per heavy atom. The third kappa shape index (κ3) is 2.94. The van der Waals surface area contributed by atoms with Crippen molar-refractivity contribution >= 4 is 27.5 Å². The highest BCUT2D eigenvalue weighted by molar-refractivity contribution is 9.10. The van der Waals surface area contributed by atoms with Crippen LogP contribution in [0.5, 0.6) is 0 Å². The van der Waals surface area contributed by atoms with Gasteiger partial charge >= 0.3 is 0 Å².